The van der Waals surface area contributed by atoms with E-state index in [2.05, 4.69) is 0 Å². The normalized spacial score (nSPS) is 11.1. The molecular formula is C13H16N2O3. The molecule has 96 valence electrons. The molecule has 0 aliphatic rings. The highest BCUT2D eigenvalue weighted by molar-refractivity contribution is 5.78. The maximum Gasteiger partial charge on any atom is 0.328 e. The maximum absolute atomic E-state index is 11.8. The number of carboxylic acid groups (broad SMARTS) is 1. The number of imidazole rings is 1. The van der Waals surface area contributed by atoms with Gasteiger partial charge in [-0.25, -0.2) is 4.79 Å². The van der Waals surface area contributed by atoms with Crippen molar-refractivity contribution in [2.45, 2.75) is 19.8 Å². The van der Waals surface area contributed by atoms with Crippen LogP contribution in [0.25, 0.3) is 11.0 Å². The van der Waals surface area contributed by atoms with Crippen molar-refractivity contribution in [2.24, 2.45) is 14.1 Å². The molecule has 2 aromatic rings. The molecule has 5 nitrogen and oxygen atoms in total. The fourth-order valence-corrected chi connectivity index (χ4v) is 2.20. The van der Waals surface area contributed by atoms with Gasteiger partial charge >= 0.3 is 11.7 Å². The molecule has 0 aliphatic heterocycles. The molecule has 1 heterocycles. The van der Waals surface area contributed by atoms with Gasteiger partial charge in [0, 0.05) is 20.5 Å². The average Bonchev–Trinajstić information content (AvgIpc) is 2.52. The molecule has 0 saturated carbocycles. The SMILES string of the molecule is Cc1cc2c(cc1CCC(=O)O)n(C)c(=O)n2C. The number of rotatable bonds is 3. The van der Waals surface area contributed by atoms with Gasteiger partial charge in [-0.2, -0.15) is 0 Å². The van der Waals surface area contributed by atoms with Gasteiger partial charge in [-0.3, -0.25) is 13.9 Å². The molecule has 1 aromatic heterocycles. The first kappa shape index (κ1) is 12.4. The van der Waals surface area contributed by atoms with Crippen molar-refractivity contribution in [1.29, 1.82) is 0 Å². The summed E-state index contributed by atoms with van der Waals surface area (Å²) in [7, 11) is 3.46. The van der Waals surface area contributed by atoms with E-state index in [1.807, 2.05) is 19.1 Å². The zero-order valence-corrected chi connectivity index (χ0v) is 10.7. The number of aromatic nitrogens is 2. The first-order valence-electron chi connectivity index (χ1n) is 5.78. The predicted octanol–water partition coefficient (Wildman–Crippen LogP) is 1.20. The number of carbonyl (C=O) groups is 1. The van der Waals surface area contributed by atoms with Crippen LogP contribution in [0, 0.1) is 6.92 Å². The van der Waals surface area contributed by atoms with Crippen LogP contribution in [-0.4, -0.2) is 20.2 Å². The van der Waals surface area contributed by atoms with E-state index >= 15 is 0 Å². The Morgan fingerprint density at radius 3 is 2.33 bits per heavy atom. The Hall–Kier alpha value is -2.04. The van der Waals surface area contributed by atoms with Gasteiger partial charge in [0.15, 0.2) is 0 Å². The molecule has 0 unspecified atom stereocenters. The van der Waals surface area contributed by atoms with Crippen LogP contribution in [-0.2, 0) is 25.3 Å². The highest BCUT2D eigenvalue weighted by Crippen LogP contribution is 2.19. The molecule has 0 radical (unpaired) electrons. The molecule has 0 bridgehead atoms. The smallest absolute Gasteiger partial charge is 0.328 e. The number of hydrogen-bond acceptors (Lipinski definition) is 2. The summed E-state index contributed by atoms with van der Waals surface area (Å²) in [4.78, 5) is 22.4. The van der Waals surface area contributed by atoms with E-state index < -0.39 is 5.97 Å². The van der Waals surface area contributed by atoms with Crippen LogP contribution >= 0.6 is 0 Å². The lowest BCUT2D eigenvalue weighted by Gasteiger charge is -2.06. The summed E-state index contributed by atoms with van der Waals surface area (Å²) in [5.41, 5.74) is 3.64. The second-order valence-electron chi connectivity index (χ2n) is 4.56. The van der Waals surface area contributed by atoms with Crippen molar-refractivity contribution >= 4 is 17.0 Å². The molecule has 0 saturated heterocycles. The van der Waals surface area contributed by atoms with Gasteiger partial charge in [0.05, 0.1) is 11.0 Å². The van der Waals surface area contributed by atoms with Crippen molar-refractivity contribution in [2.75, 3.05) is 0 Å². The van der Waals surface area contributed by atoms with Gasteiger partial charge in [0.25, 0.3) is 0 Å². The molecule has 5 heteroatoms. The van der Waals surface area contributed by atoms with E-state index in [0.717, 1.165) is 22.2 Å². The van der Waals surface area contributed by atoms with Crippen molar-refractivity contribution < 1.29 is 9.90 Å². The summed E-state index contributed by atoms with van der Waals surface area (Å²) in [6.45, 7) is 1.94. The molecular weight excluding hydrogens is 232 g/mol. The summed E-state index contributed by atoms with van der Waals surface area (Å²) >= 11 is 0. The van der Waals surface area contributed by atoms with E-state index in [1.165, 1.54) is 0 Å². The Balaban J connectivity index is 2.58. The van der Waals surface area contributed by atoms with Crippen molar-refractivity contribution in [1.82, 2.24) is 9.13 Å². The predicted molar refractivity (Wildman–Crippen MR) is 68.9 cm³/mol. The molecule has 1 N–H and O–H groups in total. The first-order valence-corrected chi connectivity index (χ1v) is 5.78. The Morgan fingerprint density at radius 2 is 1.78 bits per heavy atom. The number of aliphatic carboxylic acids is 1. The van der Waals surface area contributed by atoms with Crippen molar-refractivity contribution in [3.05, 3.63) is 33.7 Å². The van der Waals surface area contributed by atoms with Gasteiger partial charge in [0.1, 0.15) is 0 Å². The van der Waals surface area contributed by atoms with Crippen molar-refractivity contribution in [3.63, 3.8) is 0 Å². The van der Waals surface area contributed by atoms with E-state index in [-0.39, 0.29) is 12.1 Å². The van der Waals surface area contributed by atoms with Crippen LogP contribution in [0.4, 0.5) is 0 Å². The maximum atomic E-state index is 11.8. The van der Waals surface area contributed by atoms with Crippen LogP contribution in [0.3, 0.4) is 0 Å². The number of carboxylic acids is 1. The minimum Gasteiger partial charge on any atom is -0.481 e. The van der Waals surface area contributed by atoms with Crippen LogP contribution in [0.1, 0.15) is 17.5 Å². The van der Waals surface area contributed by atoms with E-state index in [4.69, 9.17) is 5.11 Å². The fourth-order valence-electron chi connectivity index (χ4n) is 2.20. The highest BCUT2D eigenvalue weighted by Gasteiger charge is 2.11. The molecule has 0 amide bonds. The van der Waals surface area contributed by atoms with Crippen LogP contribution in [0.5, 0.6) is 0 Å². The Morgan fingerprint density at radius 1 is 1.22 bits per heavy atom. The molecule has 0 atom stereocenters. The topological polar surface area (TPSA) is 64.2 Å². The fraction of sp³-hybridized carbons (Fsp3) is 0.385. The third kappa shape index (κ3) is 1.92. The first-order chi connectivity index (χ1) is 8.41. The summed E-state index contributed by atoms with van der Waals surface area (Å²) in [6.07, 6.45) is 0.591. The average molecular weight is 248 g/mol. The van der Waals surface area contributed by atoms with Crippen LogP contribution in [0.15, 0.2) is 16.9 Å². The minimum absolute atomic E-state index is 0.0696. The number of nitrogens with zero attached hydrogens (tertiary/aromatic N) is 2. The molecule has 0 spiro atoms. The standard InChI is InChI=1S/C13H16N2O3/c1-8-6-10-11(15(3)13(18)14(10)2)7-9(8)4-5-12(16)17/h6-7H,4-5H2,1-3H3,(H,16,17). The Kier molecular flexibility index (Phi) is 2.98. The molecule has 18 heavy (non-hydrogen) atoms. The summed E-state index contributed by atoms with van der Waals surface area (Å²) in [6, 6.07) is 3.85. The largest absolute Gasteiger partial charge is 0.481 e. The minimum atomic E-state index is -0.809. The van der Waals surface area contributed by atoms with E-state index in [9.17, 15) is 9.59 Å². The molecule has 2 rings (SSSR count). The zero-order valence-electron chi connectivity index (χ0n) is 10.7. The molecule has 1 aromatic carbocycles. The van der Waals surface area contributed by atoms with Crippen LogP contribution < -0.4 is 5.69 Å². The third-order valence-electron chi connectivity index (χ3n) is 3.34. The second kappa shape index (κ2) is 4.33. The second-order valence-corrected chi connectivity index (χ2v) is 4.56. The third-order valence-corrected chi connectivity index (χ3v) is 3.34. The number of benzene rings is 1. The van der Waals surface area contributed by atoms with Gasteiger partial charge in [-0.15, -0.1) is 0 Å². The Labute approximate surface area is 104 Å². The lowest BCUT2D eigenvalue weighted by Crippen LogP contribution is -2.19. The Bertz CT molecular complexity index is 680. The van der Waals surface area contributed by atoms with Crippen molar-refractivity contribution in [3.8, 4) is 0 Å². The number of hydrogen-bond donors (Lipinski definition) is 1. The van der Waals surface area contributed by atoms with Gasteiger partial charge < -0.3 is 5.11 Å². The monoisotopic (exact) mass is 248 g/mol. The van der Waals surface area contributed by atoms with Gasteiger partial charge in [0.2, 0.25) is 0 Å². The zero-order chi connectivity index (χ0) is 13.4. The lowest BCUT2D eigenvalue weighted by molar-refractivity contribution is -0.136. The lowest BCUT2D eigenvalue weighted by atomic mass is 10.0. The summed E-state index contributed by atoms with van der Waals surface area (Å²) in [5, 5.41) is 8.72. The van der Waals surface area contributed by atoms with Gasteiger partial charge in [-0.05, 0) is 36.6 Å². The summed E-state index contributed by atoms with van der Waals surface area (Å²) < 4.78 is 3.18. The number of aryl methyl sites for hydroxylation is 4. The van der Waals surface area contributed by atoms with Gasteiger partial charge in [-0.1, -0.05) is 0 Å². The highest BCUT2D eigenvalue weighted by atomic mass is 16.4. The van der Waals surface area contributed by atoms with E-state index in [1.54, 1.807) is 23.2 Å². The molecule has 0 fully saturated rings. The van der Waals surface area contributed by atoms with E-state index in [0.29, 0.717) is 6.42 Å². The summed E-state index contributed by atoms with van der Waals surface area (Å²) in [5.74, 6) is -0.809. The number of fused-ring (bicyclic) bond motifs is 1. The van der Waals surface area contributed by atoms with Crippen LogP contribution in [0.2, 0.25) is 0 Å². The quantitative estimate of drug-likeness (QED) is 0.887. The molecule has 0 aliphatic carbocycles.